The predicted octanol–water partition coefficient (Wildman–Crippen LogP) is 1.67. The summed E-state index contributed by atoms with van der Waals surface area (Å²) in [5.74, 6) is 1.61. The highest BCUT2D eigenvalue weighted by Crippen LogP contribution is 2.43. The number of nitrogens with zero attached hydrogens (tertiary/aromatic N) is 1. The normalized spacial score (nSPS) is 30.7. The van der Waals surface area contributed by atoms with Gasteiger partial charge < -0.3 is 19.4 Å². The summed E-state index contributed by atoms with van der Waals surface area (Å²) >= 11 is 0. The van der Waals surface area contributed by atoms with Crippen molar-refractivity contribution in [3.63, 3.8) is 0 Å². The van der Waals surface area contributed by atoms with Crippen molar-refractivity contribution in [2.75, 3.05) is 26.2 Å². The molecule has 1 aromatic heterocycles. The molecule has 2 aliphatic heterocycles. The second kappa shape index (κ2) is 5.92. The van der Waals surface area contributed by atoms with E-state index in [1.807, 2.05) is 4.90 Å². The van der Waals surface area contributed by atoms with Gasteiger partial charge in [-0.3, -0.25) is 9.59 Å². The van der Waals surface area contributed by atoms with Gasteiger partial charge in [-0.1, -0.05) is 6.92 Å². The van der Waals surface area contributed by atoms with E-state index < -0.39 is 0 Å². The largest absolute Gasteiger partial charge is 0.459 e. The van der Waals surface area contributed by atoms with Crippen LogP contribution >= 0.6 is 0 Å². The van der Waals surface area contributed by atoms with Crippen LogP contribution in [0.5, 0.6) is 0 Å². The van der Waals surface area contributed by atoms with Crippen LogP contribution in [-0.2, 0) is 9.53 Å². The minimum atomic E-state index is -0.181. The third-order valence-corrected chi connectivity index (χ3v) is 5.63. The van der Waals surface area contributed by atoms with Crippen molar-refractivity contribution in [1.82, 2.24) is 10.2 Å². The van der Waals surface area contributed by atoms with Crippen molar-refractivity contribution in [1.29, 1.82) is 0 Å². The number of carbonyl (C=O) groups is 2. The zero-order valence-corrected chi connectivity index (χ0v) is 14.0. The van der Waals surface area contributed by atoms with E-state index in [0.29, 0.717) is 36.7 Å². The Kier molecular flexibility index (Phi) is 3.87. The molecule has 1 saturated carbocycles. The summed E-state index contributed by atoms with van der Waals surface area (Å²) in [6.07, 6.45) is 4.51. The van der Waals surface area contributed by atoms with Gasteiger partial charge in [0.2, 0.25) is 5.91 Å². The van der Waals surface area contributed by atoms with E-state index in [4.69, 9.17) is 9.15 Å². The highest BCUT2D eigenvalue weighted by Gasteiger charge is 2.52. The second-order valence-corrected chi connectivity index (χ2v) is 7.60. The first-order valence-electron chi connectivity index (χ1n) is 8.81. The van der Waals surface area contributed by atoms with Gasteiger partial charge in [0.15, 0.2) is 5.76 Å². The highest BCUT2D eigenvalue weighted by atomic mass is 16.5. The average molecular weight is 332 g/mol. The maximum Gasteiger partial charge on any atom is 0.286 e. The van der Waals surface area contributed by atoms with Crippen LogP contribution in [0.2, 0.25) is 0 Å². The molecule has 3 heterocycles. The molecule has 1 aliphatic carbocycles. The van der Waals surface area contributed by atoms with E-state index in [9.17, 15) is 9.59 Å². The number of ether oxygens (including phenoxy) is 1. The Bertz CT molecular complexity index is 611. The van der Waals surface area contributed by atoms with Gasteiger partial charge in [0, 0.05) is 12.5 Å². The van der Waals surface area contributed by atoms with E-state index in [-0.39, 0.29) is 17.4 Å². The van der Waals surface area contributed by atoms with Crippen LogP contribution in [0.3, 0.4) is 0 Å². The molecular formula is C18H24N2O4. The molecule has 3 atom stereocenters. The number of likely N-dealkylation sites (tertiary alicyclic amines) is 1. The van der Waals surface area contributed by atoms with Crippen molar-refractivity contribution in [2.45, 2.75) is 31.8 Å². The van der Waals surface area contributed by atoms with Gasteiger partial charge in [0.05, 0.1) is 26.0 Å². The summed E-state index contributed by atoms with van der Waals surface area (Å²) < 4.78 is 11.2. The minimum Gasteiger partial charge on any atom is -0.459 e. The number of rotatable bonds is 4. The van der Waals surface area contributed by atoms with Gasteiger partial charge in [-0.25, -0.2) is 0 Å². The van der Waals surface area contributed by atoms with Crippen molar-refractivity contribution in [2.24, 2.45) is 17.8 Å². The molecule has 0 radical (unpaired) electrons. The predicted molar refractivity (Wildman–Crippen MR) is 86.3 cm³/mol. The molecule has 24 heavy (non-hydrogen) atoms. The van der Waals surface area contributed by atoms with Crippen LogP contribution in [0.1, 0.15) is 36.7 Å². The fourth-order valence-electron chi connectivity index (χ4n) is 3.77. The Hall–Kier alpha value is -1.82. The topological polar surface area (TPSA) is 71.8 Å². The van der Waals surface area contributed by atoms with Crippen molar-refractivity contribution >= 4 is 11.8 Å². The number of hydrogen-bond donors (Lipinski definition) is 1. The van der Waals surface area contributed by atoms with E-state index in [0.717, 1.165) is 32.4 Å². The van der Waals surface area contributed by atoms with E-state index in [2.05, 4.69) is 12.2 Å². The molecule has 1 spiro atoms. The summed E-state index contributed by atoms with van der Waals surface area (Å²) in [5, 5.41) is 2.90. The van der Waals surface area contributed by atoms with Gasteiger partial charge in [-0.15, -0.1) is 0 Å². The standard InChI is InChI=1S/C18H24N2O4/c1-12-7-14(12)17(22)20-10-18(11-20)5-4-13(9-24-18)8-19-16(21)15-3-2-6-23-15/h2-3,6,12-14H,4-5,7-11H2,1H3,(H,19,21)/t12-,13-,14+/m1/s1. The summed E-state index contributed by atoms with van der Waals surface area (Å²) in [7, 11) is 0. The average Bonchev–Trinajstić information content (AvgIpc) is 3.06. The lowest BCUT2D eigenvalue weighted by Gasteiger charge is -2.53. The Balaban J connectivity index is 1.19. The van der Waals surface area contributed by atoms with Crippen LogP contribution in [0, 0.1) is 17.8 Å². The molecule has 2 amide bonds. The molecule has 1 N–H and O–H groups in total. The maximum atomic E-state index is 12.2. The Morgan fingerprint density at radius 3 is 2.79 bits per heavy atom. The van der Waals surface area contributed by atoms with Gasteiger partial charge in [-0.05, 0) is 43.2 Å². The molecule has 6 heteroatoms. The lowest BCUT2D eigenvalue weighted by molar-refractivity contribution is -0.189. The molecule has 6 nitrogen and oxygen atoms in total. The molecule has 1 aromatic rings. The quantitative estimate of drug-likeness (QED) is 0.910. The van der Waals surface area contributed by atoms with Crippen molar-refractivity contribution < 1.29 is 18.7 Å². The van der Waals surface area contributed by atoms with Crippen LogP contribution in [0.25, 0.3) is 0 Å². The van der Waals surface area contributed by atoms with Gasteiger partial charge in [0.1, 0.15) is 5.60 Å². The Morgan fingerprint density at radius 2 is 2.21 bits per heavy atom. The zero-order valence-electron chi connectivity index (χ0n) is 14.0. The fraction of sp³-hybridized carbons (Fsp3) is 0.667. The van der Waals surface area contributed by atoms with Crippen LogP contribution in [0.4, 0.5) is 0 Å². The lowest BCUT2D eigenvalue weighted by atomic mass is 9.82. The lowest BCUT2D eigenvalue weighted by Crippen LogP contribution is -2.66. The molecule has 3 aliphatic rings. The molecule has 0 aromatic carbocycles. The van der Waals surface area contributed by atoms with Crippen LogP contribution in [-0.4, -0.2) is 48.6 Å². The number of carbonyl (C=O) groups excluding carboxylic acids is 2. The first kappa shape index (κ1) is 15.7. The molecule has 4 rings (SSSR count). The minimum absolute atomic E-state index is 0.130. The summed E-state index contributed by atoms with van der Waals surface area (Å²) in [4.78, 5) is 26.0. The highest BCUT2D eigenvalue weighted by molar-refractivity contribution is 5.91. The number of furan rings is 1. The summed E-state index contributed by atoms with van der Waals surface area (Å²) in [5.41, 5.74) is -0.130. The third-order valence-electron chi connectivity index (χ3n) is 5.63. The number of nitrogens with one attached hydrogen (secondary N) is 1. The van der Waals surface area contributed by atoms with E-state index in [1.54, 1.807) is 12.1 Å². The number of hydrogen-bond acceptors (Lipinski definition) is 4. The molecule has 2 saturated heterocycles. The van der Waals surface area contributed by atoms with Gasteiger partial charge in [-0.2, -0.15) is 0 Å². The van der Waals surface area contributed by atoms with Crippen LogP contribution < -0.4 is 5.32 Å². The monoisotopic (exact) mass is 332 g/mol. The SMILES string of the molecule is C[C@@H]1C[C@@H]1C(=O)N1CC2(CC[C@H](CNC(=O)c3ccco3)CO2)C1. The third kappa shape index (κ3) is 2.95. The number of amides is 2. The van der Waals surface area contributed by atoms with Gasteiger partial charge in [0.25, 0.3) is 5.91 Å². The summed E-state index contributed by atoms with van der Waals surface area (Å²) in [6, 6.07) is 3.36. The maximum absolute atomic E-state index is 12.2. The Morgan fingerprint density at radius 1 is 1.42 bits per heavy atom. The Labute approximate surface area is 141 Å². The smallest absolute Gasteiger partial charge is 0.286 e. The van der Waals surface area contributed by atoms with Crippen molar-refractivity contribution in [3.8, 4) is 0 Å². The van der Waals surface area contributed by atoms with Gasteiger partial charge >= 0.3 is 0 Å². The first-order valence-corrected chi connectivity index (χ1v) is 8.81. The molecular weight excluding hydrogens is 308 g/mol. The van der Waals surface area contributed by atoms with E-state index >= 15 is 0 Å². The van der Waals surface area contributed by atoms with E-state index in [1.165, 1.54) is 6.26 Å². The van der Waals surface area contributed by atoms with Crippen LogP contribution in [0.15, 0.2) is 22.8 Å². The molecule has 3 fully saturated rings. The second-order valence-electron chi connectivity index (χ2n) is 7.60. The molecule has 130 valence electrons. The molecule has 0 unspecified atom stereocenters. The summed E-state index contributed by atoms with van der Waals surface area (Å²) in [6.45, 7) is 4.84. The zero-order chi connectivity index (χ0) is 16.7. The fourth-order valence-corrected chi connectivity index (χ4v) is 3.77. The molecule has 0 bridgehead atoms. The van der Waals surface area contributed by atoms with Crippen molar-refractivity contribution in [3.05, 3.63) is 24.2 Å². The first-order chi connectivity index (χ1) is 11.6.